The molecule has 2 heterocycles. The second-order valence-corrected chi connectivity index (χ2v) is 8.73. The Morgan fingerprint density at radius 1 is 1.14 bits per heavy atom. The SMILES string of the molecule is CNCC1CCN(S(=O)(=O)NCCN2CCSCC2)CC1. The van der Waals surface area contributed by atoms with Gasteiger partial charge in [0, 0.05) is 50.8 Å². The van der Waals surface area contributed by atoms with Gasteiger partial charge in [0.05, 0.1) is 0 Å². The van der Waals surface area contributed by atoms with Crippen LogP contribution >= 0.6 is 11.8 Å². The van der Waals surface area contributed by atoms with Gasteiger partial charge in [0.1, 0.15) is 0 Å². The lowest BCUT2D eigenvalue weighted by atomic mass is 9.98. The Bertz CT molecular complexity index is 391. The lowest BCUT2D eigenvalue weighted by molar-refractivity contribution is 0.266. The quantitative estimate of drug-likeness (QED) is 0.674. The molecule has 0 spiro atoms. The highest BCUT2D eigenvalue weighted by Crippen LogP contribution is 2.18. The van der Waals surface area contributed by atoms with Gasteiger partial charge in [-0.25, -0.2) is 4.72 Å². The van der Waals surface area contributed by atoms with Gasteiger partial charge in [-0.3, -0.25) is 0 Å². The normalized spacial score (nSPS) is 23.5. The van der Waals surface area contributed by atoms with Crippen LogP contribution in [0.5, 0.6) is 0 Å². The summed E-state index contributed by atoms with van der Waals surface area (Å²) < 4.78 is 28.9. The van der Waals surface area contributed by atoms with Crippen LogP contribution in [-0.4, -0.2) is 82.0 Å². The van der Waals surface area contributed by atoms with Crippen LogP contribution in [0.2, 0.25) is 0 Å². The molecule has 2 aliphatic heterocycles. The van der Waals surface area contributed by atoms with Crippen molar-refractivity contribution in [3.63, 3.8) is 0 Å². The van der Waals surface area contributed by atoms with Gasteiger partial charge in [-0.2, -0.15) is 24.5 Å². The van der Waals surface area contributed by atoms with Gasteiger partial charge in [-0.1, -0.05) is 0 Å². The third kappa shape index (κ3) is 5.69. The Hall–Kier alpha value is 0.140. The summed E-state index contributed by atoms with van der Waals surface area (Å²) >= 11 is 1.97. The molecule has 0 aliphatic carbocycles. The lowest BCUT2D eigenvalue weighted by Gasteiger charge is -2.31. The molecule has 2 N–H and O–H groups in total. The van der Waals surface area contributed by atoms with Crippen molar-refractivity contribution in [3.05, 3.63) is 0 Å². The first kappa shape index (κ1) is 17.5. The van der Waals surface area contributed by atoms with Gasteiger partial charge in [-0.05, 0) is 32.4 Å². The Labute approximate surface area is 133 Å². The first-order valence-electron chi connectivity index (χ1n) is 7.81. The Morgan fingerprint density at radius 3 is 2.43 bits per heavy atom. The van der Waals surface area contributed by atoms with Crippen molar-refractivity contribution in [2.24, 2.45) is 5.92 Å². The Morgan fingerprint density at radius 2 is 1.81 bits per heavy atom. The fraction of sp³-hybridized carbons (Fsp3) is 1.00. The maximum absolute atomic E-state index is 12.3. The van der Waals surface area contributed by atoms with E-state index in [4.69, 9.17) is 0 Å². The second-order valence-electron chi connectivity index (χ2n) is 5.75. The number of nitrogens with one attached hydrogen (secondary N) is 2. The smallest absolute Gasteiger partial charge is 0.279 e. The third-order valence-electron chi connectivity index (χ3n) is 4.22. The molecule has 8 heteroatoms. The zero-order valence-electron chi connectivity index (χ0n) is 12.9. The molecule has 2 saturated heterocycles. The average Bonchev–Trinajstić information content (AvgIpc) is 2.49. The summed E-state index contributed by atoms with van der Waals surface area (Å²) in [5.74, 6) is 2.92. The minimum absolute atomic E-state index is 0.517. The predicted molar refractivity (Wildman–Crippen MR) is 88.9 cm³/mol. The second kappa shape index (κ2) is 8.69. The minimum atomic E-state index is -3.29. The monoisotopic (exact) mass is 336 g/mol. The molecule has 2 fully saturated rings. The van der Waals surface area contributed by atoms with E-state index in [1.54, 1.807) is 4.31 Å². The largest absolute Gasteiger partial charge is 0.319 e. The van der Waals surface area contributed by atoms with Crippen molar-refractivity contribution in [3.8, 4) is 0 Å². The zero-order chi connectivity index (χ0) is 15.1. The first-order chi connectivity index (χ1) is 10.1. The van der Waals surface area contributed by atoms with Crippen LogP contribution in [-0.2, 0) is 10.2 Å². The maximum atomic E-state index is 12.3. The molecule has 0 aromatic rings. The van der Waals surface area contributed by atoms with Gasteiger partial charge in [-0.15, -0.1) is 0 Å². The lowest BCUT2D eigenvalue weighted by Crippen LogP contribution is -2.48. The molecule has 0 aromatic heterocycles. The molecule has 124 valence electrons. The van der Waals surface area contributed by atoms with Gasteiger partial charge < -0.3 is 10.2 Å². The predicted octanol–water partition coefficient (Wildman–Crippen LogP) is -0.199. The van der Waals surface area contributed by atoms with E-state index < -0.39 is 10.2 Å². The molecule has 2 rings (SSSR count). The van der Waals surface area contributed by atoms with Crippen molar-refractivity contribution in [2.75, 3.05) is 64.4 Å². The number of nitrogens with zero attached hydrogens (tertiary/aromatic N) is 2. The number of hydrogen-bond donors (Lipinski definition) is 2. The van der Waals surface area contributed by atoms with E-state index >= 15 is 0 Å². The highest BCUT2D eigenvalue weighted by molar-refractivity contribution is 7.99. The minimum Gasteiger partial charge on any atom is -0.319 e. The Balaban J connectivity index is 1.69. The van der Waals surface area contributed by atoms with E-state index in [0.29, 0.717) is 25.6 Å². The summed E-state index contributed by atoms with van der Waals surface area (Å²) in [6.07, 6.45) is 1.90. The molecule has 0 radical (unpaired) electrons. The van der Waals surface area contributed by atoms with E-state index in [-0.39, 0.29) is 0 Å². The summed E-state index contributed by atoms with van der Waals surface area (Å²) in [4.78, 5) is 2.33. The van der Waals surface area contributed by atoms with Gasteiger partial charge in [0.2, 0.25) is 0 Å². The molecular formula is C13H28N4O2S2. The van der Waals surface area contributed by atoms with E-state index in [1.807, 2.05) is 18.8 Å². The molecule has 21 heavy (non-hydrogen) atoms. The van der Waals surface area contributed by atoms with Crippen LogP contribution in [0.1, 0.15) is 12.8 Å². The standard InChI is InChI=1S/C13H28N4O2S2/c1-14-12-13-2-5-17(6-3-13)21(18,19)15-4-7-16-8-10-20-11-9-16/h13-15H,2-12H2,1H3. The van der Waals surface area contributed by atoms with Crippen molar-refractivity contribution in [2.45, 2.75) is 12.8 Å². The number of piperidine rings is 1. The van der Waals surface area contributed by atoms with Crippen LogP contribution in [0.4, 0.5) is 0 Å². The summed E-state index contributed by atoms with van der Waals surface area (Å²) in [7, 11) is -1.34. The average molecular weight is 337 g/mol. The molecule has 0 unspecified atom stereocenters. The number of thioether (sulfide) groups is 1. The first-order valence-corrected chi connectivity index (χ1v) is 10.4. The van der Waals surface area contributed by atoms with Crippen LogP contribution < -0.4 is 10.0 Å². The summed E-state index contributed by atoms with van der Waals surface area (Å²) in [6.45, 7) is 5.74. The highest BCUT2D eigenvalue weighted by atomic mass is 32.2. The van der Waals surface area contributed by atoms with E-state index in [2.05, 4.69) is 14.9 Å². The van der Waals surface area contributed by atoms with E-state index in [0.717, 1.165) is 50.5 Å². The third-order valence-corrected chi connectivity index (χ3v) is 6.78. The topological polar surface area (TPSA) is 64.7 Å². The zero-order valence-corrected chi connectivity index (χ0v) is 14.5. The van der Waals surface area contributed by atoms with Crippen LogP contribution in [0.3, 0.4) is 0 Å². The van der Waals surface area contributed by atoms with Crippen molar-refractivity contribution < 1.29 is 8.42 Å². The molecule has 0 atom stereocenters. The fourth-order valence-electron chi connectivity index (χ4n) is 2.89. The highest BCUT2D eigenvalue weighted by Gasteiger charge is 2.27. The van der Waals surface area contributed by atoms with Crippen LogP contribution in [0, 0.1) is 5.92 Å². The van der Waals surface area contributed by atoms with Crippen LogP contribution in [0.15, 0.2) is 0 Å². The van der Waals surface area contributed by atoms with Crippen molar-refractivity contribution in [1.82, 2.24) is 19.2 Å². The van der Waals surface area contributed by atoms with E-state index in [9.17, 15) is 8.42 Å². The summed E-state index contributed by atoms with van der Waals surface area (Å²) in [5, 5.41) is 3.17. The molecule has 6 nitrogen and oxygen atoms in total. The maximum Gasteiger partial charge on any atom is 0.279 e. The van der Waals surface area contributed by atoms with Gasteiger partial charge in [0.25, 0.3) is 10.2 Å². The van der Waals surface area contributed by atoms with Crippen LogP contribution in [0.25, 0.3) is 0 Å². The molecule has 2 aliphatic rings. The summed E-state index contributed by atoms with van der Waals surface area (Å²) in [6, 6.07) is 0. The van der Waals surface area contributed by atoms with E-state index in [1.165, 1.54) is 0 Å². The van der Waals surface area contributed by atoms with Gasteiger partial charge >= 0.3 is 0 Å². The fourth-order valence-corrected chi connectivity index (χ4v) is 5.09. The van der Waals surface area contributed by atoms with Crippen molar-refractivity contribution >= 4 is 22.0 Å². The molecule has 0 saturated carbocycles. The number of hydrogen-bond acceptors (Lipinski definition) is 5. The summed E-state index contributed by atoms with van der Waals surface area (Å²) in [5.41, 5.74) is 0. The molecule has 0 aromatic carbocycles. The van der Waals surface area contributed by atoms with Gasteiger partial charge in [0.15, 0.2) is 0 Å². The Kier molecular flexibility index (Phi) is 7.24. The number of rotatable bonds is 7. The van der Waals surface area contributed by atoms with Crippen molar-refractivity contribution in [1.29, 1.82) is 0 Å². The molecule has 0 amide bonds. The molecular weight excluding hydrogens is 308 g/mol. The molecule has 0 bridgehead atoms.